The highest BCUT2D eigenvalue weighted by atomic mass is 16.5. The lowest BCUT2D eigenvalue weighted by Gasteiger charge is -2.19. The molecule has 3 nitrogen and oxygen atoms in total. The van der Waals surface area contributed by atoms with Gasteiger partial charge in [0.25, 0.3) is 0 Å². The van der Waals surface area contributed by atoms with Gasteiger partial charge in [0.05, 0.1) is 11.7 Å². The van der Waals surface area contributed by atoms with E-state index >= 15 is 0 Å². The van der Waals surface area contributed by atoms with Crippen LogP contribution in [0.1, 0.15) is 53.9 Å². The molecule has 0 aliphatic heterocycles. The lowest BCUT2D eigenvalue weighted by atomic mass is 10.2. The minimum Gasteiger partial charge on any atom is -0.381 e. The third kappa shape index (κ3) is 15.9. The second-order valence-electron chi connectivity index (χ2n) is 5.55. The van der Waals surface area contributed by atoms with E-state index in [9.17, 15) is 0 Å². The van der Waals surface area contributed by atoms with Crippen LogP contribution in [-0.2, 0) is 14.2 Å². The second kappa shape index (κ2) is 9.86. The molecule has 0 saturated carbocycles. The Morgan fingerprint density at radius 2 is 1.41 bits per heavy atom. The highest BCUT2D eigenvalue weighted by Gasteiger charge is 2.08. The molecule has 0 amide bonds. The molecule has 0 fully saturated rings. The monoisotopic (exact) mass is 246 g/mol. The van der Waals surface area contributed by atoms with Crippen LogP contribution in [0.4, 0.5) is 0 Å². The van der Waals surface area contributed by atoms with Gasteiger partial charge in [-0.3, -0.25) is 0 Å². The predicted molar refractivity (Wildman–Crippen MR) is 71.5 cm³/mol. The molecular weight excluding hydrogens is 216 g/mol. The third-order valence-corrected chi connectivity index (χ3v) is 2.10. The average molecular weight is 246 g/mol. The van der Waals surface area contributed by atoms with Gasteiger partial charge in [0.1, 0.15) is 0 Å². The van der Waals surface area contributed by atoms with E-state index in [-0.39, 0.29) is 5.60 Å². The Morgan fingerprint density at radius 1 is 0.824 bits per heavy atom. The van der Waals surface area contributed by atoms with Crippen LogP contribution in [0, 0.1) is 0 Å². The summed E-state index contributed by atoms with van der Waals surface area (Å²) in [6, 6.07) is 0. The summed E-state index contributed by atoms with van der Waals surface area (Å²) in [5, 5.41) is 0. The molecule has 0 aliphatic carbocycles. The Bertz CT molecular complexity index is 161. The minimum atomic E-state index is -0.0188. The van der Waals surface area contributed by atoms with Gasteiger partial charge in [-0.2, -0.15) is 0 Å². The van der Waals surface area contributed by atoms with Gasteiger partial charge in [-0.15, -0.1) is 0 Å². The van der Waals surface area contributed by atoms with Gasteiger partial charge in [-0.25, -0.2) is 0 Å². The normalized spacial score (nSPS) is 12.4. The predicted octanol–water partition coefficient (Wildman–Crippen LogP) is 3.41. The first kappa shape index (κ1) is 16.9. The second-order valence-corrected chi connectivity index (χ2v) is 5.55. The smallest absolute Gasteiger partial charge is 0.0598 e. The van der Waals surface area contributed by atoms with Crippen molar-refractivity contribution in [3.8, 4) is 0 Å². The van der Waals surface area contributed by atoms with E-state index in [4.69, 9.17) is 14.2 Å². The summed E-state index contributed by atoms with van der Waals surface area (Å²) in [4.78, 5) is 0. The molecule has 17 heavy (non-hydrogen) atoms. The van der Waals surface area contributed by atoms with Crippen LogP contribution in [-0.4, -0.2) is 38.1 Å². The summed E-state index contributed by atoms with van der Waals surface area (Å²) in [5.74, 6) is 0. The first-order chi connectivity index (χ1) is 7.92. The van der Waals surface area contributed by atoms with E-state index in [1.165, 1.54) is 0 Å². The van der Waals surface area contributed by atoms with Crippen molar-refractivity contribution in [2.45, 2.75) is 65.6 Å². The van der Waals surface area contributed by atoms with Crippen molar-refractivity contribution in [2.75, 3.05) is 26.4 Å². The van der Waals surface area contributed by atoms with Crippen LogP contribution >= 0.6 is 0 Å². The van der Waals surface area contributed by atoms with Crippen molar-refractivity contribution < 1.29 is 14.2 Å². The first-order valence-corrected chi connectivity index (χ1v) is 6.75. The number of hydrogen-bond donors (Lipinski definition) is 0. The van der Waals surface area contributed by atoms with E-state index < -0.39 is 0 Å². The lowest BCUT2D eigenvalue weighted by molar-refractivity contribution is -0.00793. The molecule has 0 rings (SSSR count). The molecule has 0 aromatic rings. The van der Waals surface area contributed by atoms with E-state index in [2.05, 4.69) is 34.6 Å². The van der Waals surface area contributed by atoms with Crippen molar-refractivity contribution in [3.63, 3.8) is 0 Å². The Morgan fingerprint density at radius 3 is 2.00 bits per heavy atom. The number of rotatable bonds is 10. The average Bonchev–Trinajstić information content (AvgIpc) is 2.18. The molecule has 3 heteroatoms. The van der Waals surface area contributed by atoms with Crippen LogP contribution in [0.2, 0.25) is 0 Å². The van der Waals surface area contributed by atoms with Crippen molar-refractivity contribution >= 4 is 0 Å². The fourth-order valence-electron chi connectivity index (χ4n) is 1.27. The van der Waals surface area contributed by atoms with Gasteiger partial charge >= 0.3 is 0 Å². The SMILES string of the molecule is CC(C)OCCCOCCCCOC(C)(C)C. The molecule has 0 aliphatic rings. The molecule has 0 N–H and O–H groups in total. The van der Waals surface area contributed by atoms with Crippen molar-refractivity contribution in [1.82, 2.24) is 0 Å². The molecule has 104 valence electrons. The molecule has 0 heterocycles. The summed E-state index contributed by atoms with van der Waals surface area (Å²) < 4.78 is 16.6. The fourth-order valence-corrected chi connectivity index (χ4v) is 1.27. The highest BCUT2D eigenvalue weighted by molar-refractivity contribution is 4.58. The topological polar surface area (TPSA) is 27.7 Å². The summed E-state index contributed by atoms with van der Waals surface area (Å²) in [6.07, 6.45) is 3.45. The lowest BCUT2D eigenvalue weighted by Crippen LogP contribution is -2.19. The molecule has 0 radical (unpaired) electrons. The van der Waals surface area contributed by atoms with E-state index in [0.29, 0.717) is 6.10 Å². The minimum absolute atomic E-state index is 0.0188. The zero-order valence-electron chi connectivity index (χ0n) is 12.3. The van der Waals surface area contributed by atoms with Crippen LogP contribution in [0.15, 0.2) is 0 Å². The maximum atomic E-state index is 5.63. The molecule has 0 aromatic carbocycles. The van der Waals surface area contributed by atoms with Crippen LogP contribution in [0.3, 0.4) is 0 Å². The van der Waals surface area contributed by atoms with E-state index in [1.54, 1.807) is 0 Å². The van der Waals surface area contributed by atoms with Gasteiger partial charge < -0.3 is 14.2 Å². The summed E-state index contributed by atoms with van der Waals surface area (Å²) >= 11 is 0. The Kier molecular flexibility index (Phi) is 9.79. The highest BCUT2D eigenvalue weighted by Crippen LogP contribution is 2.07. The zero-order valence-corrected chi connectivity index (χ0v) is 12.3. The summed E-state index contributed by atoms with van der Waals surface area (Å²) in [7, 11) is 0. The molecule has 0 spiro atoms. The molecule has 0 bridgehead atoms. The first-order valence-electron chi connectivity index (χ1n) is 6.75. The summed E-state index contributed by atoms with van der Waals surface area (Å²) in [5.41, 5.74) is -0.0188. The van der Waals surface area contributed by atoms with Crippen LogP contribution in [0.25, 0.3) is 0 Å². The van der Waals surface area contributed by atoms with Crippen LogP contribution < -0.4 is 0 Å². The van der Waals surface area contributed by atoms with Gasteiger partial charge in [0.2, 0.25) is 0 Å². The number of hydrogen-bond acceptors (Lipinski definition) is 3. The van der Waals surface area contributed by atoms with Crippen molar-refractivity contribution in [3.05, 3.63) is 0 Å². The largest absolute Gasteiger partial charge is 0.381 e. The van der Waals surface area contributed by atoms with Crippen LogP contribution in [0.5, 0.6) is 0 Å². The van der Waals surface area contributed by atoms with E-state index in [1.807, 2.05) is 0 Å². The number of ether oxygens (including phenoxy) is 3. The van der Waals surface area contributed by atoms with Gasteiger partial charge in [-0.1, -0.05) is 0 Å². The standard InChI is InChI=1S/C14H30O3/c1-13(2)16-11-8-10-15-9-6-7-12-17-14(3,4)5/h13H,6-12H2,1-5H3. The maximum absolute atomic E-state index is 5.63. The fraction of sp³-hybridized carbons (Fsp3) is 1.00. The Hall–Kier alpha value is -0.120. The van der Waals surface area contributed by atoms with E-state index in [0.717, 1.165) is 45.7 Å². The van der Waals surface area contributed by atoms with Gasteiger partial charge in [-0.05, 0) is 53.9 Å². The van der Waals surface area contributed by atoms with Gasteiger partial charge in [0, 0.05) is 26.4 Å². The molecule has 0 atom stereocenters. The molecule has 0 aromatic heterocycles. The number of unbranched alkanes of at least 4 members (excludes halogenated alkanes) is 1. The van der Waals surface area contributed by atoms with Crippen molar-refractivity contribution in [1.29, 1.82) is 0 Å². The molecular formula is C14H30O3. The maximum Gasteiger partial charge on any atom is 0.0598 e. The Labute approximate surface area is 107 Å². The zero-order chi connectivity index (χ0) is 13.1. The van der Waals surface area contributed by atoms with Crippen molar-refractivity contribution in [2.24, 2.45) is 0 Å². The third-order valence-electron chi connectivity index (χ3n) is 2.10. The molecule has 0 unspecified atom stereocenters. The quantitative estimate of drug-likeness (QED) is 0.553. The Balaban J connectivity index is 3.04. The van der Waals surface area contributed by atoms with Gasteiger partial charge in [0.15, 0.2) is 0 Å². The molecule has 0 saturated heterocycles. The summed E-state index contributed by atoms with van der Waals surface area (Å²) in [6.45, 7) is 13.6.